The highest BCUT2D eigenvalue weighted by molar-refractivity contribution is 5.75. The molecule has 102 valence electrons. The van der Waals surface area contributed by atoms with Gasteiger partial charge in [0.05, 0.1) is 18.4 Å². The van der Waals surface area contributed by atoms with E-state index in [9.17, 15) is 4.79 Å². The third-order valence-corrected chi connectivity index (χ3v) is 2.84. The molecule has 0 saturated heterocycles. The molecule has 0 aromatic carbocycles. The van der Waals surface area contributed by atoms with Gasteiger partial charge in [0.1, 0.15) is 0 Å². The predicted molar refractivity (Wildman–Crippen MR) is 69.2 cm³/mol. The van der Waals surface area contributed by atoms with Crippen LogP contribution >= 0.6 is 0 Å². The minimum atomic E-state index is -0.348. The van der Waals surface area contributed by atoms with Crippen LogP contribution in [-0.2, 0) is 18.4 Å². The number of rotatable bonds is 6. The van der Waals surface area contributed by atoms with E-state index >= 15 is 0 Å². The van der Waals surface area contributed by atoms with E-state index in [4.69, 9.17) is 10.5 Å². The van der Waals surface area contributed by atoms with Crippen LogP contribution in [0.15, 0.2) is 0 Å². The third-order valence-electron chi connectivity index (χ3n) is 2.84. The van der Waals surface area contributed by atoms with Crippen LogP contribution in [0.5, 0.6) is 5.88 Å². The number of nitrogens with one attached hydrogen (secondary N) is 1. The molecule has 6 nitrogen and oxygen atoms in total. The first-order valence-corrected chi connectivity index (χ1v) is 5.86. The molecule has 0 radical (unpaired) electrons. The van der Waals surface area contributed by atoms with Crippen molar-refractivity contribution in [2.45, 2.75) is 39.3 Å². The van der Waals surface area contributed by atoms with Crippen molar-refractivity contribution in [3.05, 3.63) is 11.3 Å². The lowest BCUT2D eigenvalue weighted by molar-refractivity contribution is -0.119. The third kappa shape index (κ3) is 3.46. The molecule has 1 aromatic rings. The fourth-order valence-corrected chi connectivity index (χ4v) is 1.97. The molecule has 1 amide bonds. The molecule has 0 bridgehead atoms. The maximum Gasteiger partial charge on any atom is 0.219 e. The number of primary amides is 1. The van der Waals surface area contributed by atoms with Gasteiger partial charge in [-0.1, -0.05) is 0 Å². The Labute approximate surface area is 107 Å². The van der Waals surface area contributed by atoms with Gasteiger partial charge in [0, 0.05) is 25.6 Å². The van der Waals surface area contributed by atoms with Crippen molar-refractivity contribution in [1.29, 1.82) is 0 Å². The molecular weight excluding hydrogens is 232 g/mol. The number of hydrogen-bond acceptors (Lipinski definition) is 4. The van der Waals surface area contributed by atoms with Gasteiger partial charge >= 0.3 is 0 Å². The molecule has 1 rings (SSSR count). The number of aromatic nitrogens is 2. The molecule has 0 unspecified atom stereocenters. The molecule has 0 aliphatic rings. The molecule has 0 atom stereocenters. The summed E-state index contributed by atoms with van der Waals surface area (Å²) in [5.41, 5.74) is 6.78. The standard InChI is InChI=1S/C12H22N4O2/c1-8-9(11(18-5)16(4)15-8)7-14-12(2,3)6-10(13)17/h14H,6-7H2,1-5H3,(H2,13,17). The van der Waals surface area contributed by atoms with Crippen molar-refractivity contribution in [3.63, 3.8) is 0 Å². The predicted octanol–water partition coefficient (Wildman–Crippen LogP) is 0.481. The number of carbonyl (C=O) groups is 1. The Bertz CT molecular complexity index is 438. The van der Waals surface area contributed by atoms with Gasteiger partial charge in [0.15, 0.2) is 0 Å². The second-order valence-corrected chi connectivity index (χ2v) is 5.08. The first kappa shape index (κ1) is 14.5. The van der Waals surface area contributed by atoms with E-state index in [1.54, 1.807) is 11.8 Å². The summed E-state index contributed by atoms with van der Waals surface area (Å²) in [4.78, 5) is 11.0. The zero-order valence-corrected chi connectivity index (χ0v) is 11.7. The fraction of sp³-hybridized carbons (Fsp3) is 0.667. The molecule has 3 N–H and O–H groups in total. The lowest BCUT2D eigenvalue weighted by Gasteiger charge is -2.24. The highest BCUT2D eigenvalue weighted by atomic mass is 16.5. The normalized spacial score (nSPS) is 11.6. The largest absolute Gasteiger partial charge is 0.481 e. The quantitative estimate of drug-likeness (QED) is 0.773. The van der Waals surface area contributed by atoms with Crippen molar-refractivity contribution in [3.8, 4) is 5.88 Å². The number of methoxy groups -OCH3 is 1. The summed E-state index contributed by atoms with van der Waals surface area (Å²) in [5, 5.41) is 7.60. The average molecular weight is 254 g/mol. The summed E-state index contributed by atoms with van der Waals surface area (Å²) >= 11 is 0. The van der Waals surface area contributed by atoms with Crippen molar-refractivity contribution in [2.75, 3.05) is 7.11 Å². The highest BCUT2D eigenvalue weighted by Crippen LogP contribution is 2.21. The van der Waals surface area contributed by atoms with Crippen molar-refractivity contribution >= 4 is 5.91 Å². The Morgan fingerprint density at radius 2 is 2.17 bits per heavy atom. The van der Waals surface area contributed by atoms with Gasteiger partial charge in [0.2, 0.25) is 11.8 Å². The summed E-state index contributed by atoms with van der Waals surface area (Å²) in [6.45, 7) is 6.40. The van der Waals surface area contributed by atoms with Gasteiger partial charge in [-0.3, -0.25) is 4.79 Å². The van der Waals surface area contributed by atoms with Gasteiger partial charge in [-0.15, -0.1) is 0 Å². The smallest absolute Gasteiger partial charge is 0.219 e. The van der Waals surface area contributed by atoms with Gasteiger partial charge < -0.3 is 15.8 Å². The molecule has 1 aromatic heterocycles. The van der Waals surface area contributed by atoms with Crippen LogP contribution < -0.4 is 15.8 Å². The van der Waals surface area contributed by atoms with Crippen LogP contribution in [0, 0.1) is 6.92 Å². The van der Waals surface area contributed by atoms with Crippen LogP contribution in [0.3, 0.4) is 0 Å². The number of nitrogens with zero attached hydrogens (tertiary/aromatic N) is 2. The Kier molecular flexibility index (Phi) is 4.34. The van der Waals surface area contributed by atoms with Crippen LogP contribution in [-0.4, -0.2) is 28.3 Å². The molecule has 18 heavy (non-hydrogen) atoms. The number of carbonyl (C=O) groups excluding carboxylic acids is 1. The SMILES string of the molecule is COc1c(CNC(C)(C)CC(N)=O)c(C)nn1C. The minimum Gasteiger partial charge on any atom is -0.481 e. The van der Waals surface area contributed by atoms with Crippen LogP contribution in [0.25, 0.3) is 0 Å². The summed E-state index contributed by atoms with van der Waals surface area (Å²) in [6, 6.07) is 0. The van der Waals surface area contributed by atoms with Crippen LogP contribution in [0.1, 0.15) is 31.5 Å². The second kappa shape index (κ2) is 5.39. The van der Waals surface area contributed by atoms with Crippen LogP contribution in [0.2, 0.25) is 0 Å². The Morgan fingerprint density at radius 3 is 2.67 bits per heavy atom. The van der Waals surface area contributed by atoms with E-state index in [-0.39, 0.29) is 17.9 Å². The zero-order chi connectivity index (χ0) is 13.9. The summed E-state index contributed by atoms with van der Waals surface area (Å²) in [7, 11) is 3.46. The van der Waals surface area contributed by atoms with Gasteiger partial charge in [-0.25, -0.2) is 4.68 Å². The first-order chi connectivity index (χ1) is 8.26. The van der Waals surface area contributed by atoms with E-state index < -0.39 is 0 Å². The Hall–Kier alpha value is -1.56. The Morgan fingerprint density at radius 1 is 1.56 bits per heavy atom. The topological polar surface area (TPSA) is 82.2 Å². The summed E-state index contributed by atoms with van der Waals surface area (Å²) < 4.78 is 7.01. The number of amides is 1. The van der Waals surface area contributed by atoms with E-state index in [1.165, 1.54) is 0 Å². The molecule has 6 heteroatoms. The van der Waals surface area contributed by atoms with E-state index in [0.29, 0.717) is 6.54 Å². The number of ether oxygens (including phenoxy) is 1. The summed E-state index contributed by atoms with van der Waals surface area (Å²) in [5.74, 6) is 0.414. The lowest BCUT2D eigenvalue weighted by Crippen LogP contribution is -2.42. The van der Waals surface area contributed by atoms with Crippen molar-refractivity contribution in [1.82, 2.24) is 15.1 Å². The fourth-order valence-electron chi connectivity index (χ4n) is 1.97. The molecule has 0 aliphatic carbocycles. The second-order valence-electron chi connectivity index (χ2n) is 5.08. The molecular formula is C12H22N4O2. The minimum absolute atomic E-state index is 0.286. The zero-order valence-electron chi connectivity index (χ0n) is 11.7. The van der Waals surface area contributed by atoms with E-state index in [2.05, 4.69) is 10.4 Å². The number of hydrogen-bond donors (Lipinski definition) is 2. The van der Waals surface area contributed by atoms with Gasteiger partial charge in [0.25, 0.3) is 0 Å². The molecule has 0 spiro atoms. The van der Waals surface area contributed by atoms with Crippen molar-refractivity contribution in [2.24, 2.45) is 12.8 Å². The highest BCUT2D eigenvalue weighted by Gasteiger charge is 2.22. The average Bonchev–Trinajstić information content (AvgIpc) is 2.47. The molecule has 0 fully saturated rings. The van der Waals surface area contributed by atoms with E-state index in [1.807, 2.05) is 27.8 Å². The number of aryl methyl sites for hydroxylation is 2. The number of nitrogens with two attached hydrogens (primary N) is 1. The monoisotopic (exact) mass is 254 g/mol. The molecule has 0 saturated carbocycles. The summed E-state index contributed by atoms with van der Waals surface area (Å²) in [6.07, 6.45) is 0.286. The first-order valence-electron chi connectivity index (χ1n) is 5.86. The molecule has 0 aliphatic heterocycles. The van der Waals surface area contributed by atoms with Crippen molar-refractivity contribution < 1.29 is 9.53 Å². The maximum atomic E-state index is 11.0. The van der Waals surface area contributed by atoms with Gasteiger partial charge in [-0.05, 0) is 20.8 Å². The molecule has 1 heterocycles. The Balaban J connectivity index is 2.77. The van der Waals surface area contributed by atoms with Gasteiger partial charge in [-0.2, -0.15) is 5.10 Å². The maximum absolute atomic E-state index is 11.0. The van der Waals surface area contributed by atoms with Crippen LogP contribution in [0.4, 0.5) is 0 Å². The lowest BCUT2D eigenvalue weighted by atomic mass is 10.00. The van der Waals surface area contributed by atoms with E-state index in [0.717, 1.165) is 17.1 Å².